The summed E-state index contributed by atoms with van der Waals surface area (Å²) >= 11 is 0. The highest BCUT2D eigenvalue weighted by molar-refractivity contribution is 5.97. The van der Waals surface area contributed by atoms with Crippen LogP contribution in [0.4, 0.5) is 5.69 Å². The summed E-state index contributed by atoms with van der Waals surface area (Å²) in [4.78, 5) is 47.0. The van der Waals surface area contributed by atoms with Crippen LogP contribution >= 0.6 is 0 Å². The van der Waals surface area contributed by atoms with Crippen LogP contribution in [-0.4, -0.2) is 50.6 Å². The molecule has 5 heterocycles. The average Bonchev–Trinajstić information content (AvgIpc) is 3.41. The van der Waals surface area contributed by atoms with Crippen LogP contribution in [0.2, 0.25) is 0 Å². The zero-order valence-corrected chi connectivity index (χ0v) is 25.1. The Labute approximate surface area is 251 Å². The van der Waals surface area contributed by atoms with Crippen molar-refractivity contribution < 1.29 is 19.4 Å². The largest absolute Gasteiger partial charge is 0.458 e. The number of aliphatic hydroxyl groups is 1. The summed E-state index contributed by atoms with van der Waals surface area (Å²) < 4.78 is 6.88. The number of rotatable bonds is 5. The van der Waals surface area contributed by atoms with E-state index in [0.29, 0.717) is 35.1 Å². The van der Waals surface area contributed by atoms with Gasteiger partial charge in [0.1, 0.15) is 6.61 Å². The summed E-state index contributed by atoms with van der Waals surface area (Å²) in [7, 11) is 0. The van der Waals surface area contributed by atoms with E-state index in [1.165, 1.54) is 32.4 Å². The van der Waals surface area contributed by atoms with Gasteiger partial charge in [-0.3, -0.25) is 9.59 Å². The topological polar surface area (TPSA) is 114 Å². The molecule has 9 nitrogen and oxygen atoms in total. The Morgan fingerprint density at radius 3 is 2.56 bits per heavy atom. The first-order chi connectivity index (χ1) is 20.8. The lowest BCUT2D eigenvalue weighted by Gasteiger charge is -2.38. The van der Waals surface area contributed by atoms with Gasteiger partial charge in [0.25, 0.3) is 5.56 Å². The van der Waals surface area contributed by atoms with Crippen molar-refractivity contribution in [1.82, 2.24) is 14.5 Å². The molecule has 0 bridgehead atoms. The fourth-order valence-corrected chi connectivity index (χ4v) is 7.87. The number of esters is 1. The molecule has 1 aliphatic carbocycles. The Bertz CT molecular complexity index is 1680. The number of carbonyl (C=O) groups excluding carboxylic acids is 2. The molecule has 2 N–H and O–H groups in total. The predicted octanol–water partition coefficient (Wildman–Crippen LogP) is 4.63. The third kappa shape index (κ3) is 4.59. The fraction of sp³-hybridized carbons (Fsp3) is 0.529. The van der Waals surface area contributed by atoms with E-state index in [1.54, 1.807) is 17.6 Å². The molecule has 1 saturated heterocycles. The van der Waals surface area contributed by atoms with Crippen LogP contribution in [0, 0.1) is 5.92 Å². The summed E-state index contributed by atoms with van der Waals surface area (Å²) in [5, 5.41) is 15.3. The normalized spacial score (nSPS) is 25.1. The highest BCUT2D eigenvalue weighted by Gasteiger charge is 2.45. The lowest BCUT2D eigenvalue weighted by Crippen LogP contribution is -2.44. The second kappa shape index (κ2) is 10.9. The first kappa shape index (κ1) is 28.2. The van der Waals surface area contributed by atoms with E-state index >= 15 is 0 Å². The molecular formula is C34H40N4O5. The molecule has 1 atom stereocenters. The molecule has 226 valence electrons. The number of amides is 1. The molecule has 1 unspecified atom stereocenters. The molecule has 2 aromatic heterocycles. The van der Waals surface area contributed by atoms with Gasteiger partial charge >= 0.3 is 5.97 Å². The van der Waals surface area contributed by atoms with Crippen LogP contribution < -0.4 is 10.9 Å². The number of anilines is 1. The van der Waals surface area contributed by atoms with E-state index in [2.05, 4.69) is 17.1 Å². The van der Waals surface area contributed by atoms with Crippen molar-refractivity contribution >= 4 is 28.5 Å². The molecule has 4 aliphatic rings. The summed E-state index contributed by atoms with van der Waals surface area (Å²) in [5.41, 5.74) is 3.40. The third-order valence-corrected chi connectivity index (χ3v) is 10.4. The molecule has 7 rings (SSSR count). The SMILES string of the molecule is CCc1c2c(nc3ccc(NC(=O)C4CCC(N5CCCCC5)CC4)cc13)-c1cc3c(c(=O)n1C2)COC(=O)C3(O)CC. The number of hydrogen-bond donors (Lipinski definition) is 2. The molecule has 3 aliphatic heterocycles. The summed E-state index contributed by atoms with van der Waals surface area (Å²) in [6.07, 6.45) is 8.79. The van der Waals surface area contributed by atoms with Gasteiger partial charge in [-0.05, 0) is 94.3 Å². The number of aryl methyl sites for hydroxylation is 1. The van der Waals surface area contributed by atoms with Crippen LogP contribution in [0.1, 0.15) is 87.5 Å². The number of nitrogens with zero attached hydrogens (tertiary/aromatic N) is 3. The molecule has 2 fully saturated rings. The maximum Gasteiger partial charge on any atom is 0.343 e. The van der Waals surface area contributed by atoms with E-state index in [0.717, 1.165) is 59.8 Å². The molecular weight excluding hydrogens is 544 g/mol. The number of carbonyl (C=O) groups is 2. The van der Waals surface area contributed by atoms with Gasteiger partial charge in [0, 0.05) is 34.2 Å². The summed E-state index contributed by atoms with van der Waals surface area (Å²) in [6.45, 7) is 6.40. The van der Waals surface area contributed by atoms with Gasteiger partial charge < -0.3 is 24.6 Å². The van der Waals surface area contributed by atoms with Gasteiger partial charge in [-0.25, -0.2) is 9.78 Å². The number of benzene rings is 1. The minimum Gasteiger partial charge on any atom is -0.458 e. The van der Waals surface area contributed by atoms with Gasteiger partial charge in [-0.1, -0.05) is 20.3 Å². The van der Waals surface area contributed by atoms with E-state index in [9.17, 15) is 19.5 Å². The molecule has 0 spiro atoms. The summed E-state index contributed by atoms with van der Waals surface area (Å²) in [5.74, 6) is -0.603. The van der Waals surface area contributed by atoms with Crippen molar-refractivity contribution in [2.45, 2.75) is 96.4 Å². The van der Waals surface area contributed by atoms with Crippen LogP contribution in [0.3, 0.4) is 0 Å². The highest BCUT2D eigenvalue weighted by atomic mass is 16.6. The van der Waals surface area contributed by atoms with Gasteiger partial charge in [-0.15, -0.1) is 0 Å². The highest BCUT2D eigenvalue weighted by Crippen LogP contribution is 2.41. The van der Waals surface area contributed by atoms with E-state index in [-0.39, 0.29) is 30.4 Å². The molecule has 3 aromatic rings. The first-order valence-corrected chi connectivity index (χ1v) is 16.0. The van der Waals surface area contributed by atoms with Crippen LogP contribution in [0.15, 0.2) is 29.1 Å². The van der Waals surface area contributed by atoms with E-state index in [4.69, 9.17) is 9.72 Å². The number of fused-ring (bicyclic) bond motifs is 5. The maximum atomic E-state index is 13.6. The number of pyridine rings is 2. The minimum atomic E-state index is -1.85. The second-order valence-electron chi connectivity index (χ2n) is 12.7. The lowest BCUT2D eigenvalue weighted by atomic mass is 9.84. The molecule has 43 heavy (non-hydrogen) atoms. The third-order valence-electron chi connectivity index (χ3n) is 10.4. The molecule has 1 aromatic carbocycles. The van der Waals surface area contributed by atoms with Gasteiger partial charge in [0.2, 0.25) is 5.91 Å². The molecule has 0 radical (unpaired) electrons. The van der Waals surface area contributed by atoms with E-state index in [1.807, 2.05) is 18.2 Å². The number of hydrogen-bond acceptors (Lipinski definition) is 7. The van der Waals surface area contributed by atoms with Crippen molar-refractivity contribution in [1.29, 1.82) is 0 Å². The van der Waals surface area contributed by atoms with Gasteiger partial charge in [0.15, 0.2) is 5.60 Å². The summed E-state index contributed by atoms with van der Waals surface area (Å²) in [6, 6.07) is 8.21. The quantitative estimate of drug-likeness (QED) is 0.329. The molecule has 1 amide bonds. The van der Waals surface area contributed by atoms with Gasteiger partial charge in [-0.2, -0.15) is 0 Å². The standard InChI is InChI=1S/C34H40N4O5/c1-3-23-24-16-21(35-31(39)20-8-11-22(12-9-20)37-14-6-5-7-15-37)10-13-28(24)36-30-25(23)18-38-29(30)17-27-26(32(38)40)19-43-33(41)34(27,42)4-2/h10,13,16-17,20,22,42H,3-9,11-12,14-15,18-19H2,1-2H3,(H,35,39). The van der Waals surface area contributed by atoms with Crippen molar-refractivity contribution in [3.8, 4) is 11.4 Å². The van der Waals surface area contributed by atoms with Crippen molar-refractivity contribution in [2.75, 3.05) is 18.4 Å². The van der Waals surface area contributed by atoms with E-state index < -0.39 is 11.6 Å². The number of ether oxygens (including phenoxy) is 1. The Kier molecular flexibility index (Phi) is 7.13. The fourth-order valence-electron chi connectivity index (χ4n) is 7.87. The lowest BCUT2D eigenvalue weighted by molar-refractivity contribution is -0.172. The molecule has 1 saturated carbocycles. The monoisotopic (exact) mass is 584 g/mol. The zero-order chi connectivity index (χ0) is 29.9. The smallest absolute Gasteiger partial charge is 0.343 e. The maximum absolute atomic E-state index is 13.6. The first-order valence-electron chi connectivity index (χ1n) is 16.0. The van der Waals surface area contributed by atoms with Gasteiger partial charge in [0.05, 0.1) is 29.0 Å². The van der Waals surface area contributed by atoms with Crippen LogP contribution in [-0.2, 0) is 39.5 Å². The number of likely N-dealkylation sites (tertiary alicyclic amines) is 1. The van der Waals surface area contributed by atoms with Crippen LogP contribution in [0.5, 0.6) is 0 Å². The number of piperidine rings is 1. The Hall–Kier alpha value is -3.56. The number of aromatic nitrogens is 2. The second-order valence-corrected chi connectivity index (χ2v) is 12.7. The predicted molar refractivity (Wildman–Crippen MR) is 164 cm³/mol. The zero-order valence-electron chi connectivity index (χ0n) is 25.1. The number of nitrogens with one attached hydrogen (secondary N) is 1. The Morgan fingerprint density at radius 1 is 1.07 bits per heavy atom. The van der Waals surface area contributed by atoms with Crippen molar-refractivity contribution in [3.63, 3.8) is 0 Å². The Morgan fingerprint density at radius 2 is 1.84 bits per heavy atom. The number of cyclic esters (lactones) is 1. The Balaban J connectivity index is 1.16. The average molecular weight is 585 g/mol. The molecule has 9 heteroatoms. The van der Waals surface area contributed by atoms with Crippen molar-refractivity contribution in [3.05, 3.63) is 56.9 Å². The van der Waals surface area contributed by atoms with Crippen molar-refractivity contribution in [2.24, 2.45) is 5.92 Å². The van der Waals surface area contributed by atoms with Crippen LogP contribution in [0.25, 0.3) is 22.3 Å². The minimum absolute atomic E-state index is 0.0329.